The fraction of sp³-hybridized carbons (Fsp3) is 0.0750. The van der Waals surface area contributed by atoms with Gasteiger partial charge in [0.2, 0.25) is 0 Å². The molecule has 4 heterocycles. The second-order valence-corrected chi connectivity index (χ2v) is 12.3. The van der Waals surface area contributed by atoms with E-state index in [0.29, 0.717) is 17.3 Å². The Morgan fingerprint density at radius 3 is 2.43 bits per heavy atom. The summed E-state index contributed by atoms with van der Waals surface area (Å²) in [5.74, 6) is 2.65. The Hall–Kier alpha value is -5.72. The second-order valence-electron chi connectivity index (χ2n) is 12.3. The van der Waals surface area contributed by atoms with Crippen molar-refractivity contribution >= 4 is 33.2 Å². The maximum Gasteiger partial charge on any atom is 0.135 e. The van der Waals surface area contributed by atoms with Gasteiger partial charge in [0.15, 0.2) is 0 Å². The molecule has 1 aliphatic rings. The molecule has 0 saturated carbocycles. The number of nitrogens with zero attached hydrogens (tertiary/aromatic N) is 7. The Morgan fingerprint density at radius 2 is 1.53 bits per heavy atom. The summed E-state index contributed by atoms with van der Waals surface area (Å²) in [4.78, 5) is 6.87. The Balaban J connectivity index is 0.00000348. The number of hydrogen-bond acceptors (Lipinski definition) is 6. The zero-order valence-electron chi connectivity index (χ0n) is 26.6. The van der Waals surface area contributed by atoms with Crippen LogP contribution in [0.3, 0.4) is 0 Å². The minimum absolute atomic E-state index is 0. The van der Waals surface area contributed by atoms with Crippen molar-refractivity contribution in [3.05, 3.63) is 157 Å². The molecule has 0 fully saturated rings. The van der Waals surface area contributed by atoms with Crippen LogP contribution in [0, 0.1) is 18.8 Å². The molecule has 49 heavy (non-hydrogen) atoms. The Bertz CT molecular complexity index is 2470. The Morgan fingerprint density at radius 1 is 0.735 bits per heavy atom. The van der Waals surface area contributed by atoms with Gasteiger partial charge in [-0.25, -0.2) is 10.1 Å². The molecule has 0 unspecified atom stereocenters. The standard InChI is InChI=1S/C40H28N7O.Pt/c1-40(2,27-11-4-3-5-12-27)28-21-22-41-38(23-28)47-36-18-9-6-15-32(36)33-20-19-31(25-37(33)47)48-30-14-10-13-29(24-30)45-26-46-39(42-43-44-46)34-16-7-8-17-35(34)45;/h3-23,26H,1-2H3;/q-3;. The number of anilines is 2. The SMILES string of the molecule is CC(C)(c1ccccc1)c1ccnc(-n2c3[c-]c(Oc4[c-]c(N5[CH-]n6nnnc6-c6ccccc65)ccc4)ccc3c3ccccc32)c1.[Pt]. The molecule has 0 saturated heterocycles. The van der Waals surface area contributed by atoms with Gasteiger partial charge in [0.05, 0.1) is 0 Å². The van der Waals surface area contributed by atoms with Crippen LogP contribution in [0.15, 0.2) is 128 Å². The van der Waals surface area contributed by atoms with Crippen molar-refractivity contribution in [1.82, 2.24) is 29.8 Å². The average Bonchev–Trinajstić information content (AvgIpc) is 3.74. The molecule has 8 nitrogen and oxygen atoms in total. The second kappa shape index (κ2) is 12.1. The monoisotopic (exact) mass is 817 g/mol. The van der Waals surface area contributed by atoms with Gasteiger partial charge >= 0.3 is 0 Å². The van der Waals surface area contributed by atoms with E-state index in [2.05, 4.69) is 119 Å². The van der Waals surface area contributed by atoms with Gasteiger partial charge in [-0.1, -0.05) is 97.0 Å². The minimum atomic E-state index is -0.213. The maximum absolute atomic E-state index is 6.45. The third-order valence-electron chi connectivity index (χ3n) is 9.10. The molecular weight excluding hydrogens is 790 g/mol. The van der Waals surface area contributed by atoms with Crippen LogP contribution in [0.4, 0.5) is 11.4 Å². The van der Waals surface area contributed by atoms with Crippen molar-refractivity contribution in [1.29, 1.82) is 0 Å². The van der Waals surface area contributed by atoms with Crippen LogP contribution in [0.5, 0.6) is 11.5 Å². The fourth-order valence-electron chi connectivity index (χ4n) is 6.56. The van der Waals surface area contributed by atoms with Crippen LogP contribution in [0.1, 0.15) is 25.0 Å². The number of pyridine rings is 1. The summed E-state index contributed by atoms with van der Waals surface area (Å²) in [7, 11) is 0. The smallest absolute Gasteiger partial charge is 0.135 e. The van der Waals surface area contributed by atoms with Gasteiger partial charge in [0, 0.05) is 61.2 Å². The molecule has 3 aromatic heterocycles. The van der Waals surface area contributed by atoms with Crippen LogP contribution in [-0.4, -0.2) is 29.8 Å². The summed E-state index contributed by atoms with van der Waals surface area (Å²) in [5.41, 5.74) is 6.82. The van der Waals surface area contributed by atoms with Gasteiger partial charge in [-0.2, -0.15) is 12.1 Å². The predicted octanol–water partition coefficient (Wildman–Crippen LogP) is 8.67. The van der Waals surface area contributed by atoms with Crippen molar-refractivity contribution in [3.63, 3.8) is 0 Å². The van der Waals surface area contributed by atoms with Crippen LogP contribution in [0.2, 0.25) is 0 Å². The number of aromatic nitrogens is 6. The first-order valence-corrected chi connectivity index (χ1v) is 15.7. The molecule has 0 amide bonds. The van der Waals surface area contributed by atoms with E-state index in [-0.39, 0.29) is 26.5 Å². The van der Waals surface area contributed by atoms with Crippen molar-refractivity contribution in [2.24, 2.45) is 0 Å². The van der Waals surface area contributed by atoms with Crippen molar-refractivity contribution in [2.75, 3.05) is 4.90 Å². The number of para-hydroxylation sites is 2. The van der Waals surface area contributed by atoms with E-state index in [1.165, 1.54) is 11.1 Å². The van der Waals surface area contributed by atoms with Crippen molar-refractivity contribution in [2.45, 2.75) is 19.3 Å². The van der Waals surface area contributed by atoms with Crippen molar-refractivity contribution in [3.8, 4) is 28.7 Å². The molecule has 0 spiro atoms. The molecular formula is C40H28N7OPt-3. The summed E-state index contributed by atoms with van der Waals surface area (Å²) in [6.07, 6.45) is 1.89. The maximum atomic E-state index is 6.45. The van der Waals surface area contributed by atoms with E-state index in [1.54, 1.807) is 4.68 Å². The van der Waals surface area contributed by atoms with Crippen LogP contribution >= 0.6 is 0 Å². The van der Waals surface area contributed by atoms with Crippen LogP contribution in [0.25, 0.3) is 39.0 Å². The van der Waals surface area contributed by atoms with Gasteiger partial charge in [0.25, 0.3) is 0 Å². The molecule has 0 atom stereocenters. The molecule has 5 aromatic carbocycles. The molecule has 0 N–H and O–H groups in total. The van der Waals surface area contributed by atoms with Gasteiger partial charge < -0.3 is 18.9 Å². The first-order valence-electron chi connectivity index (χ1n) is 15.7. The topological polar surface area (TPSA) is 73.9 Å². The number of rotatable bonds is 6. The van der Waals surface area contributed by atoms with Crippen LogP contribution in [-0.2, 0) is 26.5 Å². The first-order chi connectivity index (χ1) is 23.5. The van der Waals surface area contributed by atoms with E-state index < -0.39 is 0 Å². The Kier molecular flexibility index (Phi) is 7.53. The minimum Gasteiger partial charge on any atom is -0.509 e. The third-order valence-corrected chi connectivity index (χ3v) is 9.10. The van der Waals surface area contributed by atoms with Gasteiger partial charge in [-0.05, 0) is 58.2 Å². The fourth-order valence-corrected chi connectivity index (χ4v) is 6.56. The summed E-state index contributed by atoms with van der Waals surface area (Å²) < 4.78 is 10.3. The quantitative estimate of drug-likeness (QED) is 0.157. The van der Waals surface area contributed by atoms with E-state index in [0.717, 1.165) is 44.6 Å². The molecule has 0 bridgehead atoms. The first kappa shape index (κ1) is 30.6. The number of benzene rings is 5. The molecule has 0 aliphatic carbocycles. The largest absolute Gasteiger partial charge is 0.509 e. The predicted molar refractivity (Wildman–Crippen MR) is 186 cm³/mol. The van der Waals surface area contributed by atoms with Gasteiger partial charge in [0.1, 0.15) is 5.82 Å². The normalized spacial score (nSPS) is 12.2. The van der Waals surface area contributed by atoms with Crippen molar-refractivity contribution < 1.29 is 25.8 Å². The molecule has 9 rings (SSSR count). The molecule has 9 heteroatoms. The number of hydrogen-bond donors (Lipinski definition) is 0. The van der Waals surface area contributed by atoms with Gasteiger partial charge in [-0.3, -0.25) is 0 Å². The van der Waals surface area contributed by atoms with Gasteiger partial charge in [-0.15, -0.1) is 35.7 Å². The van der Waals surface area contributed by atoms with Crippen LogP contribution < -0.4 is 9.64 Å². The molecule has 1 aliphatic heterocycles. The molecule has 0 radical (unpaired) electrons. The average molecular weight is 818 g/mol. The molecule has 8 aromatic rings. The molecule has 242 valence electrons. The summed E-state index contributed by atoms with van der Waals surface area (Å²) >= 11 is 0. The summed E-state index contributed by atoms with van der Waals surface area (Å²) in [6, 6.07) is 48.2. The third kappa shape index (κ3) is 5.16. The zero-order valence-corrected chi connectivity index (χ0v) is 28.8. The Labute approximate surface area is 297 Å². The summed E-state index contributed by atoms with van der Waals surface area (Å²) in [6.45, 7) is 6.35. The van der Waals surface area contributed by atoms with E-state index in [9.17, 15) is 0 Å². The number of ether oxygens (including phenoxy) is 1. The number of tetrazole rings is 1. The van der Waals surface area contributed by atoms with E-state index in [1.807, 2.05) is 66.3 Å². The van der Waals surface area contributed by atoms with E-state index >= 15 is 0 Å². The summed E-state index contributed by atoms with van der Waals surface area (Å²) in [5, 5.41) is 14.4. The number of fused-ring (bicyclic) bond motifs is 6. The zero-order chi connectivity index (χ0) is 32.2. The van der Waals surface area contributed by atoms with E-state index in [4.69, 9.17) is 9.72 Å².